The van der Waals surface area contributed by atoms with Crippen LogP contribution in [0.3, 0.4) is 0 Å². The zero-order valence-electron chi connectivity index (χ0n) is 14.5. The molecule has 0 N–H and O–H groups in total. The van der Waals surface area contributed by atoms with Gasteiger partial charge in [0.1, 0.15) is 17.4 Å². The van der Waals surface area contributed by atoms with Gasteiger partial charge >= 0.3 is 6.18 Å². The fourth-order valence-electron chi connectivity index (χ4n) is 2.98. The number of aromatic nitrogens is 1. The Labute approximate surface area is 162 Å². The molecule has 0 bridgehead atoms. The van der Waals surface area contributed by atoms with Crippen LogP contribution in [-0.2, 0) is 17.5 Å². The van der Waals surface area contributed by atoms with Crippen molar-refractivity contribution in [3.8, 4) is 0 Å². The number of alkyl halides is 3. The quantitative estimate of drug-likeness (QED) is 0.721. The van der Waals surface area contributed by atoms with Crippen LogP contribution in [0.15, 0.2) is 41.3 Å². The molecule has 0 spiro atoms. The molecule has 2 heterocycles. The van der Waals surface area contributed by atoms with Crippen LogP contribution in [0, 0.1) is 5.82 Å². The molecule has 1 aliphatic heterocycles. The van der Waals surface area contributed by atoms with Gasteiger partial charge in [0, 0.05) is 38.1 Å². The molecule has 1 saturated heterocycles. The first-order valence-electron chi connectivity index (χ1n) is 8.40. The summed E-state index contributed by atoms with van der Waals surface area (Å²) in [4.78, 5) is 27.9. The molecule has 1 aromatic heterocycles. The lowest BCUT2D eigenvalue weighted by molar-refractivity contribution is -0.138. The number of carbonyl (C=O) groups excluding carboxylic acids is 1. The van der Waals surface area contributed by atoms with Gasteiger partial charge in [0.2, 0.25) is 5.91 Å². The van der Waals surface area contributed by atoms with Crippen molar-refractivity contribution in [1.82, 2.24) is 9.47 Å². The molecule has 10 heteroatoms. The minimum Gasteiger partial charge on any atom is -0.368 e. The molecule has 0 atom stereocenters. The summed E-state index contributed by atoms with van der Waals surface area (Å²) in [5.41, 5.74) is -1.13. The number of halogens is 5. The minimum atomic E-state index is -4.68. The first kappa shape index (κ1) is 20.2. The fourth-order valence-corrected chi connectivity index (χ4v) is 3.21. The van der Waals surface area contributed by atoms with E-state index in [0.29, 0.717) is 43.0 Å². The highest BCUT2D eigenvalue weighted by Gasteiger charge is 2.32. The average Bonchev–Trinajstić information content (AvgIpc) is 2.65. The third-order valence-corrected chi connectivity index (χ3v) is 4.77. The Balaban J connectivity index is 1.67. The Bertz CT molecular complexity index is 920. The summed E-state index contributed by atoms with van der Waals surface area (Å²) in [6.45, 7) is 1.10. The summed E-state index contributed by atoms with van der Waals surface area (Å²) >= 11 is 5.60. The van der Waals surface area contributed by atoms with E-state index in [4.69, 9.17) is 11.6 Å². The molecule has 1 aromatic carbocycles. The van der Waals surface area contributed by atoms with E-state index < -0.39 is 34.8 Å². The van der Waals surface area contributed by atoms with Crippen LogP contribution in [0.4, 0.5) is 23.2 Å². The summed E-state index contributed by atoms with van der Waals surface area (Å²) < 4.78 is 52.4. The third-order valence-electron chi connectivity index (χ3n) is 4.50. The molecule has 0 unspecified atom stereocenters. The molecule has 3 rings (SSSR count). The van der Waals surface area contributed by atoms with Gasteiger partial charge in [0.15, 0.2) is 0 Å². The Morgan fingerprint density at radius 2 is 1.68 bits per heavy atom. The van der Waals surface area contributed by atoms with Gasteiger partial charge in [-0.1, -0.05) is 11.6 Å². The van der Waals surface area contributed by atoms with Gasteiger partial charge < -0.3 is 14.4 Å². The lowest BCUT2D eigenvalue weighted by Crippen LogP contribution is -2.50. The van der Waals surface area contributed by atoms with Crippen molar-refractivity contribution < 1.29 is 22.4 Å². The van der Waals surface area contributed by atoms with Crippen LogP contribution >= 0.6 is 11.6 Å². The largest absolute Gasteiger partial charge is 0.417 e. The van der Waals surface area contributed by atoms with E-state index in [1.165, 1.54) is 17.0 Å². The van der Waals surface area contributed by atoms with Crippen LogP contribution in [0.1, 0.15) is 5.56 Å². The van der Waals surface area contributed by atoms with Gasteiger partial charge in [-0.2, -0.15) is 13.2 Å². The van der Waals surface area contributed by atoms with Crippen molar-refractivity contribution in [2.45, 2.75) is 12.7 Å². The second-order valence-electron chi connectivity index (χ2n) is 6.35. The lowest BCUT2D eigenvalue weighted by atomic mass is 10.2. The van der Waals surface area contributed by atoms with E-state index in [1.54, 1.807) is 12.1 Å². The Hall–Kier alpha value is -2.55. The average molecular weight is 418 g/mol. The SMILES string of the molecule is O=C(Cn1cc(C(F)(F)F)cc(Cl)c1=O)N1CCN(c2ccc(F)cc2)CC1. The molecule has 28 heavy (non-hydrogen) atoms. The smallest absolute Gasteiger partial charge is 0.368 e. The standard InChI is InChI=1S/C18H16ClF4N3O2/c19-15-9-12(18(21,22)23)10-26(17(15)28)11-16(27)25-7-5-24(6-8-25)14-3-1-13(20)2-4-14/h1-4,9-10H,5-8,11H2. The van der Waals surface area contributed by atoms with E-state index in [9.17, 15) is 27.2 Å². The maximum atomic E-state index is 13.0. The Morgan fingerprint density at radius 1 is 1.07 bits per heavy atom. The highest BCUT2D eigenvalue weighted by molar-refractivity contribution is 6.30. The summed E-state index contributed by atoms with van der Waals surface area (Å²) in [5, 5.41) is -0.594. The molecule has 1 fully saturated rings. The molecule has 1 aliphatic rings. The van der Waals surface area contributed by atoms with Gasteiger partial charge in [-0.05, 0) is 30.3 Å². The number of pyridine rings is 1. The van der Waals surface area contributed by atoms with Crippen LogP contribution in [0.2, 0.25) is 5.02 Å². The number of benzene rings is 1. The molecular weight excluding hydrogens is 402 g/mol. The van der Waals surface area contributed by atoms with Gasteiger partial charge in [-0.3, -0.25) is 9.59 Å². The van der Waals surface area contributed by atoms with Crippen molar-refractivity contribution in [1.29, 1.82) is 0 Å². The van der Waals surface area contributed by atoms with Crippen molar-refractivity contribution in [2.75, 3.05) is 31.1 Å². The molecule has 0 aliphatic carbocycles. The van der Waals surface area contributed by atoms with E-state index in [-0.39, 0.29) is 5.82 Å². The van der Waals surface area contributed by atoms with Gasteiger partial charge in [-0.25, -0.2) is 4.39 Å². The van der Waals surface area contributed by atoms with E-state index >= 15 is 0 Å². The minimum absolute atomic E-state index is 0.331. The third kappa shape index (κ3) is 4.46. The monoisotopic (exact) mass is 417 g/mol. The topological polar surface area (TPSA) is 45.6 Å². The van der Waals surface area contributed by atoms with Crippen LogP contribution < -0.4 is 10.5 Å². The van der Waals surface area contributed by atoms with E-state index in [2.05, 4.69) is 0 Å². The second kappa shape index (κ2) is 7.83. The summed E-state index contributed by atoms with van der Waals surface area (Å²) in [6.07, 6.45) is -4.08. The zero-order valence-corrected chi connectivity index (χ0v) is 15.3. The summed E-state index contributed by atoms with van der Waals surface area (Å²) in [6, 6.07) is 6.51. The van der Waals surface area contributed by atoms with Crippen molar-refractivity contribution >= 4 is 23.2 Å². The maximum absolute atomic E-state index is 13.0. The predicted molar refractivity (Wildman–Crippen MR) is 95.9 cm³/mol. The molecular formula is C18H16ClF4N3O2. The van der Waals surface area contributed by atoms with Crippen molar-refractivity contribution in [3.05, 3.63) is 63.3 Å². The Kier molecular flexibility index (Phi) is 5.64. The van der Waals surface area contributed by atoms with Crippen molar-refractivity contribution in [2.24, 2.45) is 0 Å². The Morgan fingerprint density at radius 3 is 2.25 bits per heavy atom. The molecule has 5 nitrogen and oxygen atoms in total. The summed E-state index contributed by atoms with van der Waals surface area (Å²) in [5.74, 6) is -0.820. The number of carbonyl (C=O) groups is 1. The van der Waals surface area contributed by atoms with Crippen LogP contribution in [0.25, 0.3) is 0 Å². The number of anilines is 1. The molecule has 1 amide bonds. The van der Waals surface area contributed by atoms with Crippen molar-refractivity contribution in [3.63, 3.8) is 0 Å². The number of amides is 1. The first-order valence-corrected chi connectivity index (χ1v) is 8.78. The van der Waals surface area contributed by atoms with Crippen LogP contribution in [-0.4, -0.2) is 41.6 Å². The molecule has 2 aromatic rings. The van der Waals surface area contributed by atoms with Gasteiger partial charge in [0.05, 0.1) is 5.56 Å². The van der Waals surface area contributed by atoms with E-state index in [0.717, 1.165) is 5.69 Å². The normalized spacial score (nSPS) is 15.0. The first-order chi connectivity index (χ1) is 13.1. The molecule has 150 valence electrons. The molecule has 0 radical (unpaired) electrons. The van der Waals surface area contributed by atoms with Crippen LogP contribution in [0.5, 0.6) is 0 Å². The zero-order chi connectivity index (χ0) is 20.5. The number of hydrogen-bond acceptors (Lipinski definition) is 3. The van der Waals surface area contributed by atoms with Gasteiger partial charge in [0.25, 0.3) is 5.56 Å². The number of nitrogens with zero attached hydrogens (tertiary/aromatic N) is 3. The summed E-state index contributed by atoms with van der Waals surface area (Å²) in [7, 11) is 0. The van der Waals surface area contributed by atoms with Gasteiger partial charge in [-0.15, -0.1) is 0 Å². The highest BCUT2D eigenvalue weighted by atomic mass is 35.5. The number of piperazine rings is 1. The lowest BCUT2D eigenvalue weighted by Gasteiger charge is -2.36. The fraction of sp³-hybridized carbons (Fsp3) is 0.333. The predicted octanol–water partition coefficient (Wildman–Crippen LogP) is 3.01. The number of rotatable bonds is 3. The van der Waals surface area contributed by atoms with E-state index in [1.807, 2.05) is 4.90 Å². The second-order valence-corrected chi connectivity index (χ2v) is 6.76. The number of hydrogen-bond donors (Lipinski definition) is 0. The molecule has 0 saturated carbocycles. The highest BCUT2D eigenvalue weighted by Crippen LogP contribution is 2.29. The maximum Gasteiger partial charge on any atom is 0.417 e.